The molecule has 4 heteroatoms. The van der Waals surface area contributed by atoms with Gasteiger partial charge in [0, 0.05) is 18.5 Å². The van der Waals surface area contributed by atoms with E-state index in [9.17, 15) is 9.90 Å². The third-order valence-corrected chi connectivity index (χ3v) is 1.86. The molecule has 4 nitrogen and oxygen atoms in total. The Kier molecular flexibility index (Phi) is 1.89. The van der Waals surface area contributed by atoms with Crippen LogP contribution in [0.15, 0.2) is 30.5 Å². The molecular weight excluding hydrogens is 182 g/mol. The van der Waals surface area contributed by atoms with Crippen LogP contribution >= 0.6 is 0 Å². The van der Waals surface area contributed by atoms with E-state index < -0.39 is 0 Å². The van der Waals surface area contributed by atoms with Crippen molar-refractivity contribution in [2.45, 2.75) is 6.92 Å². The molecule has 0 spiro atoms. The molecule has 0 radical (unpaired) electrons. The molecule has 72 valence electrons. The highest BCUT2D eigenvalue weighted by molar-refractivity contribution is 5.82. The van der Waals surface area contributed by atoms with Gasteiger partial charge in [-0.1, -0.05) is 0 Å². The van der Waals surface area contributed by atoms with Gasteiger partial charge in [0.15, 0.2) is 0 Å². The summed E-state index contributed by atoms with van der Waals surface area (Å²) in [4.78, 5) is 15.6. The van der Waals surface area contributed by atoms with Crippen LogP contribution in [0.2, 0.25) is 0 Å². The maximum atomic E-state index is 10.7. The average Bonchev–Trinajstić information content (AvgIpc) is 2.47. The van der Waals surface area contributed by atoms with E-state index in [-0.39, 0.29) is 11.7 Å². The van der Waals surface area contributed by atoms with E-state index in [1.165, 1.54) is 11.7 Å². The maximum Gasteiger partial charge on any atom is 0.329 e. The number of phenolic OH excluding ortho intramolecular Hbond substituents is 1. The van der Waals surface area contributed by atoms with Gasteiger partial charge in [0.2, 0.25) is 0 Å². The first-order valence-corrected chi connectivity index (χ1v) is 4.16. The van der Waals surface area contributed by atoms with Crippen LogP contribution in [-0.4, -0.2) is 15.8 Å². The van der Waals surface area contributed by atoms with Crippen LogP contribution in [0.1, 0.15) is 6.92 Å². The van der Waals surface area contributed by atoms with Gasteiger partial charge in [-0.3, -0.25) is 0 Å². The van der Waals surface area contributed by atoms with Crippen LogP contribution in [-0.2, 0) is 4.79 Å². The van der Waals surface area contributed by atoms with Crippen molar-refractivity contribution in [2.75, 3.05) is 0 Å². The number of nitrogens with zero attached hydrogens (tertiary/aromatic N) is 1. The number of hydrogen-bond acceptors (Lipinski definition) is 3. The van der Waals surface area contributed by atoms with Crippen molar-refractivity contribution < 1.29 is 14.7 Å². The van der Waals surface area contributed by atoms with Crippen molar-refractivity contribution in [1.29, 1.82) is 0 Å². The minimum absolute atomic E-state index is 0.193. The molecule has 1 heterocycles. The Labute approximate surface area is 80.3 Å². The Bertz CT molecular complexity index is 487. The lowest BCUT2D eigenvalue weighted by Gasteiger charge is -2.02. The van der Waals surface area contributed by atoms with Gasteiger partial charge in [-0.2, -0.15) is 4.73 Å². The van der Waals surface area contributed by atoms with Crippen molar-refractivity contribution in [3.8, 4) is 5.75 Å². The smallest absolute Gasteiger partial charge is 0.329 e. The Hall–Kier alpha value is -1.97. The molecule has 14 heavy (non-hydrogen) atoms. The number of hydrogen-bond donors (Lipinski definition) is 1. The first-order chi connectivity index (χ1) is 6.66. The topological polar surface area (TPSA) is 51.5 Å². The molecule has 0 saturated heterocycles. The van der Waals surface area contributed by atoms with Gasteiger partial charge in [-0.15, -0.1) is 0 Å². The Balaban J connectivity index is 2.52. The van der Waals surface area contributed by atoms with Gasteiger partial charge in [0.25, 0.3) is 0 Å². The summed E-state index contributed by atoms with van der Waals surface area (Å²) in [6.45, 7) is 1.34. The SMILES string of the molecule is CC(=O)On1ccc2cc(O)ccc21. The quantitative estimate of drug-likeness (QED) is 0.739. The first-order valence-electron chi connectivity index (χ1n) is 4.16. The lowest BCUT2D eigenvalue weighted by atomic mass is 10.2. The zero-order valence-electron chi connectivity index (χ0n) is 7.60. The molecule has 1 aromatic heterocycles. The maximum absolute atomic E-state index is 10.7. The average molecular weight is 191 g/mol. The van der Waals surface area contributed by atoms with Crippen molar-refractivity contribution in [2.24, 2.45) is 0 Å². The molecule has 0 bridgehead atoms. The largest absolute Gasteiger partial charge is 0.508 e. The predicted octanol–water partition coefficient (Wildman–Crippen LogP) is 1.32. The van der Waals surface area contributed by atoms with Crippen molar-refractivity contribution in [3.63, 3.8) is 0 Å². The van der Waals surface area contributed by atoms with Gasteiger partial charge < -0.3 is 9.94 Å². The summed E-state index contributed by atoms with van der Waals surface area (Å²) >= 11 is 0. The fourth-order valence-corrected chi connectivity index (χ4v) is 1.32. The molecule has 0 aliphatic heterocycles. The van der Waals surface area contributed by atoms with Gasteiger partial charge in [0.05, 0.1) is 5.52 Å². The summed E-state index contributed by atoms with van der Waals surface area (Å²) in [7, 11) is 0. The van der Waals surface area contributed by atoms with E-state index in [1.807, 2.05) is 0 Å². The predicted molar refractivity (Wildman–Crippen MR) is 50.9 cm³/mol. The Morgan fingerprint density at radius 3 is 2.93 bits per heavy atom. The van der Waals surface area contributed by atoms with E-state index >= 15 is 0 Å². The molecule has 0 aliphatic carbocycles. The van der Waals surface area contributed by atoms with Crippen molar-refractivity contribution in [1.82, 2.24) is 4.73 Å². The minimum atomic E-state index is -0.379. The number of aromatic hydroxyl groups is 1. The second-order valence-electron chi connectivity index (χ2n) is 2.97. The molecule has 2 rings (SSSR count). The van der Waals surface area contributed by atoms with Crippen LogP contribution < -0.4 is 4.84 Å². The van der Waals surface area contributed by atoms with Gasteiger partial charge in [-0.05, 0) is 24.3 Å². The number of carbonyl (C=O) groups excluding carboxylic acids is 1. The van der Waals surface area contributed by atoms with E-state index in [0.717, 1.165) is 10.9 Å². The fraction of sp³-hybridized carbons (Fsp3) is 0.100. The van der Waals surface area contributed by atoms with Crippen molar-refractivity contribution in [3.05, 3.63) is 30.5 Å². The van der Waals surface area contributed by atoms with Crippen LogP contribution in [0.3, 0.4) is 0 Å². The highest BCUT2D eigenvalue weighted by Gasteiger charge is 2.03. The third kappa shape index (κ3) is 1.42. The lowest BCUT2D eigenvalue weighted by Crippen LogP contribution is -2.14. The monoisotopic (exact) mass is 191 g/mol. The number of rotatable bonds is 1. The highest BCUT2D eigenvalue weighted by Crippen LogP contribution is 2.19. The lowest BCUT2D eigenvalue weighted by molar-refractivity contribution is -0.140. The third-order valence-electron chi connectivity index (χ3n) is 1.86. The van der Waals surface area contributed by atoms with Crippen LogP contribution in [0, 0.1) is 0 Å². The molecule has 0 fully saturated rings. The molecule has 0 atom stereocenters. The highest BCUT2D eigenvalue weighted by atomic mass is 16.7. The van der Waals surface area contributed by atoms with Gasteiger partial charge in [-0.25, -0.2) is 4.79 Å². The first kappa shape index (κ1) is 8.62. The second-order valence-corrected chi connectivity index (χ2v) is 2.97. The minimum Gasteiger partial charge on any atom is -0.508 e. The molecule has 1 aromatic carbocycles. The van der Waals surface area contributed by atoms with Crippen LogP contribution in [0.25, 0.3) is 10.9 Å². The number of phenols is 1. The Morgan fingerprint density at radius 1 is 1.43 bits per heavy atom. The standard InChI is InChI=1S/C10H9NO3/c1-7(12)14-11-5-4-8-6-9(13)2-3-10(8)11/h2-6,13H,1H3. The molecular formula is C10H9NO3. The summed E-state index contributed by atoms with van der Waals surface area (Å²) < 4.78 is 1.37. The summed E-state index contributed by atoms with van der Waals surface area (Å²) in [5.74, 6) is -0.186. The molecule has 0 saturated carbocycles. The molecule has 1 N–H and O–H groups in total. The molecule has 0 aliphatic rings. The normalized spacial score (nSPS) is 10.4. The molecule has 2 aromatic rings. The van der Waals surface area contributed by atoms with Gasteiger partial charge >= 0.3 is 5.97 Å². The molecule has 0 amide bonds. The van der Waals surface area contributed by atoms with E-state index in [0.29, 0.717) is 0 Å². The van der Waals surface area contributed by atoms with Gasteiger partial charge in [0.1, 0.15) is 5.75 Å². The number of fused-ring (bicyclic) bond motifs is 1. The second kappa shape index (κ2) is 3.06. The van der Waals surface area contributed by atoms with Crippen LogP contribution in [0.4, 0.5) is 0 Å². The van der Waals surface area contributed by atoms with E-state index in [1.54, 1.807) is 30.5 Å². The van der Waals surface area contributed by atoms with E-state index in [4.69, 9.17) is 4.84 Å². The summed E-state index contributed by atoms with van der Waals surface area (Å²) in [6, 6.07) is 6.60. The zero-order chi connectivity index (χ0) is 10.1. The fourth-order valence-electron chi connectivity index (χ4n) is 1.32. The number of benzene rings is 1. The number of carbonyl (C=O) groups is 1. The summed E-state index contributed by atoms with van der Waals surface area (Å²) in [5.41, 5.74) is 0.748. The van der Waals surface area contributed by atoms with Crippen LogP contribution in [0.5, 0.6) is 5.75 Å². The van der Waals surface area contributed by atoms with E-state index in [2.05, 4.69) is 0 Å². The van der Waals surface area contributed by atoms with Crippen molar-refractivity contribution >= 4 is 16.9 Å². The molecule has 0 unspecified atom stereocenters. The summed E-state index contributed by atoms with van der Waals surface area (Å²) in [5, 5.41) is 10.0. The number of aromatic nitrogens is 1. The zero-order valence-corrected chi connectivity index (χ0v) is 7.60. The summed E-state index contributed by atoms with van der Waals surface area (Å²) in [6.07, 6.45) is 1.63. The Morgan fingerprint density at radius 2 is 2.21 bits per heavy atom.